The quantitative estimate of drug-likeness (QED) is 0.307. The van der Waals surface area contributed by atoms with E-state index in [4.69, 9.17) is 4.42 Å². The lowest BCUT2D eigenvalue weighted by Crippen LogP contribution is -2.44. The van der Waals surface area contributed by atoms with Crippen molar-refractivity contribution in [1.29, 1.82) is 0 Å². The van der Waals surface area contributed by atoms with Crippen molar-refractivity contribution in [2.45, 2.75) is 39.3 Å². The van der Waals surface area contributed by atoms with Gasteiger partial charge in [-0.15, -0.1) is 9.13 Å². The molecule has 0 aliphatic carbocycles. The first-order valence-corrected chi connectivity index (χ1v) is 11.4. The Balaban J connectivity index is 1.47. The van der Waals surface area contributed by atoms with Crippen LogP contribution in [0.5, 0.6) is 0 Å². The summed E-state index contributed by atoms with van der Waals surface area (Å²) in [5.74, 6) is 0. The molecule has 0 amide bonds. The molecule has 3 aromatic heterocycles. The zero-order chi connectivity index (χ0) is 21.4. The molecule has 1 aromatic carbocycles. The summed E-state index contributed by atoms with van der Waals surface area (Å²) in [5, 5.41) is 1.08. The minimum Gasteiger partial charge on any atom is -0.422 e. The fraction of sp³-hybridized carbons (Fsp3) is 0.308. The van der Waals surface area contributed by atoms with E-state index in [1.54, 1.807) is 6.20 Å². The van der Waals surface area contributed by atoms with Crippen molar-refractivity contribution in [2.75, 3.05) is 18.0 Å². The second-order valence-corrected chi connectivity index (χ2v) is 9.17. The molecule has 3 aliphatic heterocycles. The van der Waals surface area contributed by atoms with Crippen LogP contribution in [-0.4, -0.2) is 18.1 Å². The lowest BCUT2D eigenvalue weighted by Gasteiger charge is -2.37. The van der Waals surface area contributed by atoms with Crippen molar-refractivity contribution >= 4 is 16.7 Å². The summed E-state index contributed by atoms with van der Waals surface area (Å²) in [6, 6.07) is 6.40. The smallest absolute Gasteiger partial charge is 0.345 e. The average molecular weight is 425 g/mol. The van der Waals surface area contributed by atoms with Crippen LogP contribution in [0, 0.1) is 6.92 Å². The summed E-state index contributed by atoms with van der Waals surface area (Å²) in [6.45, 7) is 5.04. The summed E-state index contributed by atoms with van der Waals surface area (Å²) in [6.07, 6.45) is 12.1. The standard InChI is InChI=1S/C26H24N4O2/c1-16-20-12-18-4-2-8-28-9-3-5-19(24(18)28)25(20)32-26(31)23(16)17-6-10-29-15-30-11-7-27-14-22(30)21(29)13-17/h6-7,10-14H,2-5,8-9,15H2,1H3/q+2. The SMILES string of the molecule is Cc1c(-c2cc[n+]3c(c2)-c2cncc[n+]2C3)c(=O)oc2c3c4c(cc12)CCCN4CCC3. The number of pyridine rings is 1. The second kappa shape index (κ2) is 6.48. The highest BCUT2D eigenvalue weighted by atomic mass is 16.4. The monoisotopic (exact) mass is 424 g/mol. The molecule has 3 aliphatic rings. The predicted octanol–water partition coefficient (Wildman–Crippen LogP) is 2.92. The topological polar surface area (TPSA) is 54.1 Å². The highest BCUT2D eigenvalue weighted by Gasteiger charge is 2.34. The fourth-order valence-electron chi connectivity index (χ4n) is 5.91. The molecule has 6 nitrogen and oxygen atoms in total. The van der Waals surface area contributed by atoms with E-state index in [1.165, 1.54) is 23.2 Å². The van der Waals surface area contributed by atoms with Gasteiger partial charge in [-0.1, -0.05) is 0 Å². The van der Waals surface area contributed by atoms with Crippen LogP contribution < -0.4 is 19.7 Å². The van der Waals surface area contributed by atoms with E-state index in [2.05, 4.69) is 44.3 Å². The Labute approximate surface area is 185 Å². The highest BCUT2D eigenvalue weighted by Crippen LogP contribution is 2.41. The van der Waals surface area contributed by atoms with Crippen molar-refractivity contribution in [2.24, 2.45) is 0 Å². The number of nitrogens with zero attached hydrogens (tertiary/aromatic N) is 4. The van der Waals surface area contributed by atoms with Gasteiger partial charge in [0.15, 0.2) is 12.4 Å². The van der Waals surface area contributed by atoms with Gasteiger partial charge in [0.05, 0.1) is 11.8 Å². The molecule has 0 N–H and O–H groups in total. The Kier molecular flexibility index (Phi) is 3.66. The van der Waals surface area contributed by atoms with Crippen LogP contribution in [0.15, 0.2) is 52.2 Å². The van der Waals surface area contributed by atoms with Crippen LogP contribution in [0.25, 0.3) is 33.5 Å². The average Bonchev–Trinajstić information content (AvgIpc) is 3.18. The lowest BCUT2D eigenvalue weighted by molar-refractivity contribution is -0.877. The van der Waals surface area contributed by atoms with Crippen LogP contribution in [0.4, 0.5) is 5.69 Å². The summed E-state index contributed by atoms with van der Waals surface area (Å²) in [5.41, 5.74) is 9.21. The molecule has 0 saturated heterocycles. The first kappa shape index (κ1) is 18.1. The third-order valence-electron chi connectivity index (χ3n) is 7.38. The molecule has 6 heterocycles. The number of aryl methyl sites for hydroxylation is 3. The molecular weight excluding hydrogens is 400 g/mol. The van der Waals surface area contributed by atoms with Gasteiger partial charge in [-0.2, -0.15) is 0 Å². The van der Waals surface area contributed by atoms with E-state index in [0.717, 1.165) is 72.5 Å². The second-order valence-electron chi connectivity index (χ2n) is 9.17. The van der Waals surface area contributed by atoms with E-state index < -0.39 is 0 Å². The number of anilines is 1. The Morgan fingerprint density at radius 3 is 2.81 bits per heavy atom. The zero-order valence-corrected chi connectivity index (χ0v) is 18.1. The van der Waals surface area contributed by atoms with Crippen molar-refractivity contribution in [3.8, 4) is 22.5 Å². The first-order chi connectivity index (χ1) is 15.7. The molecule has 0 spiro atoms. The Hall–Kier alpha value is -3.54. The van der Waals surface area contributed by atoms with E-state index in [1.807, 2.05) is 18.5 Å². The number of benzene rings is 1. The van der Waals surface area contributed by atoms with Crippen LogP contribution in [-0.2, 0) is 19.5 Å². The molecule has 4 aromatic rings. The van der Waals surface area contributed by atoms with Gasteiger partial charge in [0.1, 0.15) is 11.8 Å². The predicted molar refractivity (Wildman–Crippen MR) is 121 cm³/mol. The molecule has 0 fully saturated rings. The summed E-state index contributed by atoms with van der Waals surface area (Å²) in [4.78, 5) is 20.1. The maximum absolute atomic E-state index is 13.3. The van der Waals surface area contributed by atoms with Gasteiger partial charge < -0.3 is 9.32 Å². The Bertz CT molecular complexity index is 1500. The zero-order valence-electron chi connectivity index (χ0n) is 18.1. The van der Waals surface area contributed by atoms with Crippen molar-refractivity contribution in [1.82, 2.24) is 4.98 Å². The minimum atomic E-state index is -0.249. The largest absolute Gasteiger partial charge is 0.422 e. The summed E-state index contributed by atoms with van der Waals surface area (Å²) in [7, 11) is 0. The third-order valence-corrected chi connectivity index (χ3v) is 7.38. The molecule has 158 valence electrons. The van der Waals surface area contributed by atoms with E-state index in [0.29, 0.717) is 5.56 Å². The fourth-order valence-corrected chi connectivity index (χ4v) is 5.91. The maximum atomic E-state index is 13.3. The van der Waals surface area contributed by atoms with E-state index in [9.17, 15) is 4.79 Å². The van der Waals surface area contributed by atoms with Gasteiger partial charge in [0.2, 0.25) is 0 Å². The maximum Gasteiger partial charge on any atom is 0.345 e. The third kappa shape index (κ3) is 2.40. The van der Waals surface area contributed by atoms with Gasteiger partial charge in [0.25, 0.3) is 5.69 Å². The molecule has 6 heteroatoms. The van der Waals surface area contributed by atoms with Gasteiger partial charge in [0, 0.05) is 47.4 Å². The van der Waals surface area contributed by atoms with E-state index in [-0.39, 0.29) is 5.63 Å². The lowest BCUT2D eigenvalue weighted by atomic mass is 9.88. The van der Waals surface area contributed by atoms with Gasteiger partial charge >= 0.3 is 18.0 Å². The van der Waals surface area contributed by atoms with Crippen LogP contribution in [0.2, 0.25) is 0 Å². The number of hydrogen-bond acceptors (Lipinski definition) is 4. The summed E-state index contributed by atoms with van der Waals surface area (Å²) >= 11 is 0. The first-order valence-electron chi connectivity index (χ1n) is 11.4. The normalized spacial score (nSPS) is 16.1. The molecular formula is C26H24N4O2+2. The molecule has 0 radical (unpaired) electrons. The molecule has 7 rings (SSSR count). The Morgan fingerprint density at radius 2 is 1.91 bits per heavy atom. The van der Waals surface area contributed by atoms with Gasteiger partial charge in [-0.3, -0.25) is 4.98 Å². The van der Waals surface area contributed by atoms with E-state index >= 15 is 0 Å². The number of fused-ring (bicyclic) bond motifs is 5. The number of rotatable bonds is 1. The molecule has 0 bridgehead atoms. The molecule has 32 heavy (non-hydrogen) atoms. The number of aromatic nitrogens is 3. The molecule has 0 saturated carbocycles. The van der Waals surface area contributed by atoms with Crippen LogP contribution in [0.3, 0.4) is 0 Å². The minimum absolute atomic E-state index is 0.249. The summed E-state index contributed by atoms with van der Waals surface area (Å²) < 4.78 is 10.4. The van der Waals surface area contributed by atoms with Crippen molar-refractivity contribution in [3.63, 3.8) is 0 Å². The Morgan fingerprint density at radius 1 is 1.06 bits per heavy atom. The van der Waals surface area contributed by atoms with Crippen LogP contribution >= 0.6 is 0 Å². The molecule has 0 atom stereocenters. The van der Waals surface area contributed by atoms with Gasteiger partial charge in [-0.05, 0) is 49.8 Å². The van der Waals surface area contributed by atoms with Crippen molar-refractivity contribution in [3.05, 3.63) is 70.1 Å². The number of hydrogen-bond donors (Lipinski definition) is 0. The van der Waals surface area contributed by atoms with Crippen LogP contribution in [0.1, 0.15) is 29.5 Å². The highest BCUT2D eigenvalue weighted by molar-refractivity contribution is 5.94. The van der Waals surface area contributed by atoms with Gasteiger partial charge in [-0.25, -0.2) is 4.79 Å². The molecule has 0 unspecified atom stereocenters. The van der Waals surface area contributed by atoms with Crippen molar-refractivity contribution < 1.29 is 13.6 Å².